The summed E-state index contributed by atoms with van der Waals surface area (Å²) in [5.41, 5.74) is 14.6. The molecule has 290 valence electrons. The molecule has 3 aromatic heterocycles. The molecule has 0 aliphatic rings. The molecule has 0 atom stereocenters. The Morgan fingerprint density at radius 2 is 0.790 bits per heavy atom. The van der Waals surface area contributed by atoms with E-state index in [9.17, 15) is 0 Å². The lowest BCUT2D eigenvalue weighted by Crippen LogP contribution is -2.00. The van der Waals surface area contributed by atoms with E-state index >= 15 is 0 Å². The summed E-state index contributed by atoms with van der Waals surface area (Å²) in [6.07, 6.45) is 0. The number of furan rings is 1. The first kappa shape index (κ1) is 35.5. The summed E-state index contributed by atoms with van der Waals surface area (Å²) >= 11 is 0. The van der Waals surface area contributed by atoms with Gasteiger partial charge in [-0.1, -0.05) is 176 Å². The van der Waals surface area contributed by atoms with Crippen LogP contribution in [0.25, 0.3) is 117 Å². The fraction of sp³-hybridized carbons (Fsp3) is 0. The average molecular weight is 793 g/mol. The van der Waals surface area contributed by atoms with Gasteiger partial charge < -0.3 is 8.98 Å². The zero-order valence-electron chi connectivity index (χ0n) is 33.5. The molecule has 3 heterocycles. The SMILES string of the molecule is c1ccc(-c2cccc(-c3ccc(-c4nc(-c5ccccc5)nc(-c5ccc6c(c5)oc5cccc(-c7ccccc7-n7c8ccccc8c8ccccc87)c56)n4)cc3)c2)cc1. The van der Waals surface area contributed by atoms with Crippen molar-refractivity contribution in [2.75, 3.05) is 0 Å². The Bertz CT molecular complexity index is 3570. The van der Waals surface area contributed by atoms with Crippen molar-refractivity contribution in [2.45, 2.75) is 0 Å². The van der Waals surface area contributed by atoms with Gasteiger partial charge in [-0.15, -0.1) is 0 Å². The zero-order valence-corrected chi connectivity index (χ0v) is 33.5. The fourth-order valence-corrected chi connectivity index (χ4v) is 8.94. The first-order chi connectivity index (χ1) is 30.7. The quantitative estimate of drug-likeness (QED) is 0.161. The second-order valence-corrected chi connectivity index (χ2v) is 15.6. The Kier molecular flexibility index (Phi) is 8.42. The third-order valence-corrected chi connectivity index (χ3v) is 11.9. The molecule has 0 fully saturated rings. The van der Waals surface area contributed by atoms with Gasteiger partial charge in [-0.05, 0) is 70.3 Å². The van der Waals surface area contributed by atoms with Crippen LogP contribution in [-0.2, 0) is 0 Å². The van der Waals surface area contributed by atoms with Crippen LogP contribution in [0.1, 0.15) is 0 Å². The van der Waals surface area contributed by atoms with Gasteiger partial charge in [-0.3, -0.25) is 0 Å². The van der Waals surface area contributed by atoms with Crippen LogP contribution in [0.3, 0.4) is 0 Å². The minimum Gasteiger partial charge on any atom is -0.456 e. The van der Waals surface area contributed by atoms with Crippen LogP contribution in [0.15, 0.2) is 223 Å². The van der Waals surface area contributed by atoms with Crippen LogP contribution in [0.5, 0.6) is 0 Å². The molecule has 9 aromatic carbocycles. The Hall–Kier alpha value is -8.41. The van der Waals surface area contributed by atoms with Gasteiger partial charge in [-0.25, -0.2) is 15.0 Å². The van der Waals surface area contributed by atoms with Crippen LogP contribution >= 0.6 is 0 Å². The lowest BCUT2D eigenvalue weighted by molar-refractivity contribution is 0.669. The van der Waals surface area contributed by atoms with E-state index in [-0.39, 0.29) is 0 Å². The van der Waals surface area contributed by atoms with E-state index in [1.54, 1.807) is 0 Å². The third kappa shape index (κ3) is 6.06. The molecule has 0 saturated carbocycles. The molecule has 0 aliphatic carbocycles. The van der Waals surface area contributed by atoms with Crippen LogP contribution in [-0.4, -0.2) is 19.5 Å². The Morgan fingerprint density at radius 3 is 1.48 bits per heavy atom. The van der Waals surface area contributed by atoms with Crippen molar-refractivity contribution in [3.05, 3.63) is 218 Å². The van der Waals surface area contributed by atoms with Gasteiger partial charge in [0.2, 0.25) is 0 Å². The van der Waals surface area contributed by atoms with Crippen molar-refractivity contribution in [2.24, 2.45) is 0 Å². The van der Waals surface area contributed by atoms with Gasteiger partial charge in [0.05, 0.1) is 16.7 Å². The van der Waals surface area contributed by atoms with Gasteiger partial charge in [0.15, 0.2) is 17.5 Å². The first-order valence-electron chi connectivity index (χ1n) is 20.8. The van der Waals surface area contributed by atoms with Crippen molar-refractivity contribution in [3.8, 4) is 73.2 Å². The monoisotopic (exact) mass is 792 g/mol. The smallest absolute Gasteiger partial charge is 0.164 e. The Balaban J connectivity index is 0.957. The second-order valence-electron chi connectivity index (χ2n) is 15.6. The molecule has 62 heavy (non-hydrogen) atoms. The highest BCUT2D eigenvalue weighted by Gasteiger charge is 2.20. The highest BCUT2D eigenvalue weighted by Crippen LogP contribution is 2.42. The Labute approximate surface area is 357 Å². The van der Waals surface area contributed by atoms with Gasteiger partial charge in [-0.2, -0.15) is 0 Å². The highest BCUT2D eigenvalue weighted by molar-refractivity contribution is 6.15. The van der Waals surface area contributed by atoms with Crippen molar-refractivity contribution >= 4 is 43.7 Å². The van der Waals surface area contributed by atoms with E-state index < -0.39 is 0 Å². The van der Waals surface area contributed by atoms with E-state index in [1.165, 1.54) is 32.9 Å². The number of benzene rings is 9. The topological polar surface area (TPSA) is 56.7 Å². The van der Waals surface area contributed by atoms with Crippen molar-refractivity contribution < 1.29 is 4.42 Å². The molecule has 0 N–H and O–H groups in total. The molecule has 0 radical (unpaired) electrons. The molecule has 0 unspecified atom stereocenters. The predicted molar refractivity (Wildman–Crippen MR) is 254 cm³/mol. The van der Waals surface area contributed by atoms with E-state index in [0.717, 1.165) is 66.6 Å². The third-order valence-electron chi connectivity index (χ3n) is 11.9. The minimum absolute atomic E-state index is 0.577. The molecule has 0 spiro atoms. The summed E-state index contributed by atoms with van der Waals surface area (Å²) in [6.45, 7) is 0. The number of aromatic nitrogens is 4. The first-order valence-corrected chi connectivity index (χ1v) is 20.8. The van der Waals surface area contributed by atoms with Gasteiger partial charge >= 0.3 is 0 Å². The largest absolute Gasteiger partial charge is 0.456 e. The van der Waals surface area contributed by atoms with Crippen molar-refractivity contribution in [1.29, 1.82) is 0 Å². The van der Waals surface area contributed by atoms with Crippen molar-refractivity contribution in [3.63, 3.8) is 0 Å². The molecule has 0 bridgehead atoms. The van der Waals surface area contributed by atoms with E-state index in [4.69, 9.17) is 19.4 Å². The molecule has 12 rings (SSSR count). The summed E-state index contributed by atoms with van der Waals surface area (Å²) in [6, 6.07) is 76.3. The normalized spacial score (nSPS) is 11.5. The van der Waals surface area contributed by atoms with Crippen LogP contribution in [0.2, 0.25) is 0 Å². The molecule has 0 aliphatic heterocycles. The number of hydrogen-bond donors (Lipinski definition) is 0. The van der Waals surface area contributed by atoms with Crippen LogP contribution in [0, 0.1) is 0 Å². The van der Waals surface area contributed by atoms with Gasteiger partial charge in [0, 0.05) is 43.8 Å². The van der Waals surface area contributed by atoms with Gasteiger partial charge in [0.25, 0.3) is 0 Å². The van der Waals surface area contributed by atoms with E-state index in [2.05, 4.69) is 187 Å². The second kappa shape index (κ2) is 14.7. The molecular weight excluding hydrogens is 757 g/mol. The molecule has 12 aromatic rings. The van der Waals surface area contributed by atoms with Gasteiger partial charge in [0.1, 0.15) is 11.2 Å². The Morgan fingerprint density at radius 1 is 0.306 bits per heavy atom. The average Bonchev–Trinajstić information content (AvgIpc) is 3.90. The summed E-state index contributed by atoms with van der Waals surface area (Å²) in [4.78, 5) is 15.2. The summed E-state index contributed by atoms with van der Waals surface area (Å²) in [5, 5.41) is 4.56. The maximum Gasteiger partial charge on any atom is 0.164 e. The summed E-state index contributed by atoms with van der Waals surface area (Å²) < 4.78 is 9.08. The standard InChI is InChI=1S/C57H36N4O/c1-3-15-37(16-4-1)41-19-13-20-42(35-41)38-29-31-40(32-30-38)56-58-55(39-17-5-2-6-18-39)59-57(60-56)43-33-34-48-53(36-43)62-52-28-14-24-47(54(48)52)46-23-9-12-27-51(46)61-49-25-10-7-21-44(49)45-22-8-11-26-50(45)61/h1-36H. The van der Waals surface area contributed by atoms with Crippen molar-refractivity contribution in [1.82, 2.24) is 19.5 Å². The molecule has 0 amide bonds. The van der Waals surface area contributed by atoms with Crippen LogP contribution in [0.4, 0.5) is 0 Å². The molecule has 5 heteroatoms. The van der Waals surface area contributed by atoms with E-state index in [1.807, 2.05) is 36.4 Å². The fourth-order valence-electron chi connectivity index (χ4n) is 8.94. The van der Waals surface area contributed by atoms with E-state index in [0.29, 0.717) is 17.5 Å². The molecular formula is C57H36N4O. The molecule has 5 nitrogen and oxygen atoms in total. The maximum atomic E-state index is 6.69. The number of hydrogen-bond acceptors (Lipinski definition) is 4. The lowest BCUT2D eigenvalue weighted by Gasteiger charge is -2.14. The summed E-state index contributed by atoms with van der Waals surface area (Å²) in [5.74, 6) is 1.79. The number of fused-ring (bicyclic) bond motifs is 6. The highest BCUT2D eigenvalue weighted by atomic mass is 16.3. The minimum atomic E-state index is 0.577. The number of rotatable bonds is 7. The zero-order chi connectivity index (χ0) is 41.0. The van der Waals surface area contributed by atoms with Crippen LogP contribution < -0.4 is 0 Å². The number of nitrogens with zero attached hydrogens (tertiary/aromatic N) is 4. The number of para-hydroxylation sites is 3. The molecule has 0 saturated heterocycles. The lowest BCUT2D eigenvalue weighted by atomic mass is 9.97. The summed E-state index contributed by atoms with van der Waals surface area (Å²) in [7, 11) is 0. The predicted octanol–water partition coefficient (Wildman–Crippen LogP) is 14.9. The maximum absolute atomic E-state index is 6.69.